The molecule has 0 bridgehead atoms. The van der Waals surface area contributed by atoms with Crippen LogP contribution in [0.15, 0.2) is 4.99 Å². The molecule has 17 heavy (non-hydrogen) atoms. The van der Waals surface area contributed by atoms with Gasteiger partial charge in [-0.15, -0.1) is 0 Å². The van der Waals surface area contributed by atoms with Gasteiger partial charge in [-0.2, -0.15) is 0 Å². The van der Waals surface area contributed by atoms with Crippen LogP contribution in [0.4, 0.5) is 0 Å². The summed E-state index contributed by atoms with van der Waals surface area (Å²) in [5.41, 5.74) is -0.399. The van der Waals surface area contributed by atoms with Gasteiger partial charge in [0.2, 0.25) is 0 Å². The Kier molecular flexibility index (Phi) is 3.66. The predicted octanol–water partition coefficient (Wildman–Crippen LogP) is 0.657. The molecule has 1 heterocycles. The Hall–Kier alpha value is -1.10. The molecule has 1 amide bonds. The first-order chi connectivity index (χ1) is 8.16. The quantitative estimate of drug-likeness (QED) is 0.711. The number of methoxy groups -OCH3 is 1. The van der Waals surface area contributed by atoms with Crippen LogP contribution < -0.4 is 10.6 Å². The van der Waals surface area contributed by atoms with Crippen molar-refractivity contribution in [3.8, 4) is 0 Å². The minimum atomic E-state index is -0.399. The maximum absolute atomic E-state index is 12.1. The Balaban J connectivity index is 2.01. The summed E-state index contributed by atoms with van der Waals surface area (Å²) in [6, 6.07) is 0. The Morgan fingerprint density at radius 1 is 1.59 bits per heavy atom. The van der Waals surface area contributed by atoms with E-state index >= 15 is 0 Å². The highest BCUT2D eigenvalue weighted by Crippen LogP contribution is 2.34. The molecule has 1 saturated carbocycles. The van der Waals surface area contributed by atoms with Crippen LogP contribution in [0.1, 0.15) is 32.6 Å². The van der Waals surface area contributed by atoms with E-state index in [-0.39, 0.29) is 5.91 Å². The predicted molar refractivity (Wildman–Crippen MR) is 65.8 cm³/mol. The number of nitrogens with zero attached hydrogens (tertiary/aromatic N) is 1. The highest BCUT2D eigenvalue weighted by Gasteiger charge is 2.47. The lowest BCUT2D eigenvalue weighted by molar-refractivity contribution is -0.125. The van der Waals surface area contributed by atoms with Crippen LogP contribution in [0.3, 0.4) is 0 Å². The fourth-order valence-electron chi connectivity index (χ4n) is 2.74. The minimum absolute atomic E-state index is 0.0835. The molecule has 5 nitrogen and oxygen atoms in total. The Morgan fingerprint density at radius 3 is 3.12 bits per heavy atom. The molecular weight excluding hydrogens is 218 g/mol. The SMILES string of the molecule is COCCN=C1NC(=O)C2(CCCC(C)C2)N1. The lowest BCUT2D eigenvalue weighted by atomic mass is 9.76. The van der Waals surface area contributed by atoms with Gasteiger partial charge >= 0.3 is 0 Å². The van der Waals surface area contributed by atoms with E-state index in [4.69, 9.17) is 4.74 Å². The number of guanidine groups is 1. The lowest BCUT2D eigenvalue weighted by Gasteiger charge is -2.34. The third kappa shape index (κ3) is 2.60. The molecule has 0 aromatic rings. The van der Waals surface area contributed by atoms with E-state index in [1.54, 1.807) is 7.11 Å². The standard InChI is InChI=1S/C12H21N3O2/c1-9-4-3-5-12(8-9)10(16)14-11(15-12)13-6-7-17-2/h9H,3-8H2,1-2H3,(H2,13,14,15,16). The number of hydrogen-bond donors (Lipinski definition) is 2. The third-order valence-corrected chi connectivity index (χ3v) is 3.59. The Bertz CT molecular complexity index is 330. The van der Waals surface area contributed by atoms with Gasteiger partial charge in [0.05, 0.1) is 13.2 Å². The molecule has 0 aromatic carbocycles. The van der Waals surface area contributed by atoms with Crippen molar-refractivity contribution in [3.63, 3.8) is 0 Å². The summed E-state index contributed by atoms with van der Waals surface area (Å²) >= 11 is 0. The molecule has 1 saturated heterocycles. The van der Waals surface area contributed by atoms with Crippen molar-refractivity contribution in [3.05, 3.63) is 0 Å². The third-order valence-electron chi connectivity index (χ3n) is 3.59. The summed E-state index contributed by atoms with van der Waals surface area (Å²) in [5, 5.41) is 6.12. The number of carbonyl (C=O) groups is 1. The molecule has 2 atom stereocenters. The molecule has 5 heteroatoms. The number of rotatable bonds is 3. The first-order valence-corrected chi connectivity index (χ1v) is 6.29. The summed E-state index contributed by atoms with van der Waals surface area (Å²) < 4.78 is 4.93. The topological polar surface area (TPSA) is 62.7 Å². The zero-order chi connectivity index (χ0) is 12.3. The summed E-state index contributed by atoms with van der Waals surface area (Å²) in [5.74, 6) is 1.29. The van der Waals surface area contributed by atoms with Crippen molar-refractivity contribution in [1.29, 1.82) is 0 Å². The normalized spacial score (nSPS) is 35.1. The number of ether oxygens (including phenoxy) is 1. The van der Waals surface area contributed by atoms with Gasteiger partial charge in [-0.3, -0.25) is 15.1 Å². The van der Waals surface area contributed by atoms with Crippen molar-refractivity contribution >= 4 is 11.9 Å². The number of nitrogens with one attached hydrogen (secondary N) is 2. The zero-order valence-electron chi connectivity index (χ0n) is 10.6. The highest BCUT2D eigenvalue weighted by molar-refractivity contribution is 6.09. The molecule has 2 unspecified atom stereocenters. The second kappa shape index (κ2) is 5.04. The molecule has 1 aliphatic carbocycles. The van der Waals surface area contributed by atoms with Crippen molar-refractivity contribution in [1.82, 2.24) is 10.6 Å². The van der Waals surface area contributed by atoms with Gasteiger partial charge < -0.3 is 10.1 Å². The van der Waals surface area contributed by atoms with Gasteiger partial charge in [0.15, 0.2) is 5.96 Å². The molecule has 2 N–H and O–H groups in total. The monoisotopic (exact) mass is 239 g/mol. The van der Waals surface area contributed by atoms with Gasteiger partial charge in [-0.1, -0.05) is 19.8 Å². The van der Waals surface area contributed by atoms with E-state index in [0.29, 0.717) is 25.0 Å². The van der Waals surface area contributed by atoms with Crippen LogP contribution in [0.2, 0.25) is 0 Å². The average molecular weight is 239 g/mol. The van der Waals surface area contributed by atoms with E-state index in [9.17, 15) is 4.79 Å². The molecule has 1 aliphatic heterocycles. The fraction of sp³-hybridized carbons (Fsp3) is 0.833. The van der Waals surface area contributed by atoms with E-state index in [0.717, 1.165) is 19.3 Å². The minimum Gasteiger partial charge on any atom is -0.383 e. The summed E-state index contributed by atoms with van der Waals surface area (Å²) in [6.07, 6.45) is 4.13. The van der Waals surface area contributed by atoms with Gasteiger partial charge in [0.1, 0.15) is 5.54 Å². The molecule has 1 spiro atoms. The smallest absolute Gasteiger partial charge is 0.252 e. The average Bonchev–Trinajstić information content (AvgIpc) is 2.56. The van der Waals surface area contributed by atoms with Crippen molar-refractivity contribution in [2.24, 2.45) is 10.9 Å². The molecular formula is C12H21N3O2. The van der Waals surface area contributed by atoms with Crippen molar-refractivity contribution in [2.45, 2.75) is 38.1 Å². The van der Waals surface area contributed by atoms with Gasteiger partial charge in [0, 0.05) is 7.11 Å². The van der Waals surface area contributed by atoms with Crippen LogP contribution in [0, 0.1) is 5.92 Å². The van der Waals surface area contributed by atoms with Crippen LogP contribution in [0.5, 0.6) is 0 Å². The fourth-order valence-corrected chi connectivity index (χ4v) is 2.74. The summed E-state index contributed by atoms with van der Waals surface area (Å²) in [4.78, 5) is 16.3. The second-order valence-electron chi connectivity index (χ2n) is 5.09. The first-order valence-electron chi connectivity index (χ1n) is 6.29. The van der Waals surface area contributed by atoms with Gasteiger partial charge in [-0.05, 0) is 18.8 Å². The van der Waals surface area contributed by atoms with E-state index in [1.165, 1.54) is 6.42 Å². The van der Waals surface area contributed by atoms with E-state index in [1.807, 2.05) is 0 Å². The second-order valence-corrected chi connectivity index (χ2v) is 5.09. The summed E-state index contributed by atoms with van der Waals surface area (Å²) in [7, 11) is 1.64. The molecule has 2 fully saturated rings. The van der Waals surface area contributed by atoms with Crippen LogP contribution >= 0.6 is 0 Å². The maximum Gasteiger partial charge on any atom is 0.252 e. The maximum atomic E-state index is 12.1. The van der Waals surface area contributed by atoms with Crippen LogP contribution in [-0.2, 0) is 9.53 Å². The Labute approximate surface area is 102 Å². The molecule has 0 radical (unpaired) electrons. The number of amides is 1. The Morgan fingerprint density at radius 2 is 2.41 bits per heavy atom. The largest absolute Gasteiger partial charge is 0.383 e. The number of aliphatic imine (C=N–C) groups is 1. The lowest BCUT2D eigenvalue weighted by Crippen LogP contribution is -2.50. The zero-order valence-corrected chi connectivity index (χ0v) is 10.6. The van der Waals surface area contributed by atoms with Crippen molar-refractivity contribution in [2.75, 3.05) is 20.3 Å². The highest BCUT2D eigenvalue weighted by atomic mass is 16.5. The molecule has 0 aromatic heterocycles. The van der Waals surface area contributed by atoms with Crippen molar-refractivity contribution < 1.29 is 9.53 Å². The molecule has 2 aliphatic rings. The van der Waals surface area contributed by atoms with E-state index in [2.05, 4.69) is 22.5 Å². The first kappa shape index (κ1) is 12.4. The van der Waals surface area contributed by atoms with Crippen LogP contribution in [0.25, 0.3) is 0 Å². The molecule has 2 rings (SSSR count). The number of hydrogen-bond acceptors (Lipinski definition) is 3. The van der Waals surface area contributed by atoms with E-state index < -0.39 is 5.54 Å². The number of carbonyl (C=O) groups excluding carboxylic acids is 1. The summed E-state index contributed by atoms with van der Waals surface area (Å²) in [6.45, 7) is 3.35. The van der Waals surface area contributed by atoms with Crippen LogP contribution in [-0.4, -0.2) is 37.7 Å². The molecule has 96 valence electrons. The van der Waals surface area contributed by atoms with Gasteiger partial charge in [0.25, 0.3) is 5.91 Å². The van der Waals surface area contributed by atoms with Gasteiger partial charge in [-0.25, -0.2) is 0 Å².